The van der Waals surface area contributed by atoms with Crippen LogP contribution in [0.25, 0.3) is 10.9 Å². The van der Waals surface area contributed by atoms with Gasteiger partial charge in [-0.05, 0) is 41.1 Å². The van der Waals surface area contributed by atoms with Gasteiger partial charge < -0.3 is 0 Å². The predicted octanol–water partition coefficient (Wildman–Crippen LogP) is 3.85. The summed E-state index contributed by atoms with van der Waals surface area (Å²) >= 11 is 9.25. The summed E-state index contributed by atoms with van der Waals surface area (Å²) in [5, 5.41) is 1.41. The standard InChI is InChI=1S/C11H7BrClNO/c1-6(15)10-4-9(13)3-7-2-8(12)5-14-11(7)10/h2-5H,1H3. The van der Waals surface area contributed by atoms with Gasteiger partial charge >= 0.3 is 0 Å². The summed E-state index contributed by atoms with van der Waals surface area (Å²) in [4.78, 5) is 15.6. The fourth-order valence-electron chi connectivity index (χ4n) is 1.45. The molecule has 0 saturated heterocycles. The molecule has 76 valence electrons. The van der Waals surface area contributed by atoms with Crippen LogP contribution in [0.3, 0.4) is 0 Å². The molecule has 0 amide bonds. The minimum atomic E-state index is -0.0303. The maximum atomic E-state index is 11.4. The highest BCUT2D eigenvalue weighted by Gasteiger charge is 2.08. The second kappa shape index (κ2) is 3.91. The largest absolute Gasteiger partial charge is 0.294 e. The lowest BCUT2D eigenvalue weighted by Gasteiger charge is -2.03. The van der Waals surface area contributed by atoms with Crippen molar-refractivity contribution in [1.82, 2.24) is 4.98 Å². The summed E-state index contributed by atoms with van der Waals surface area (Å²) < 4.78 is 0.867. The predicted molar refractivity (Wildman–Crippen MR) is 64.5 cm³/mol. The number of ketones is 1. The van der Waals surface area contributed by atoms with Crippen molar-refractivity contribution in [2.45, 2.75) is 6.92 Å². The molecular formula is C11H7BrClNO. The maximum absolute atomic E-state index is 11.4. The number of hydrogen-bond donors (Lipinski definition) is 0. The Bertz CT molecular complexity index is 548. The second-order valence-corrected chi connectivity index (χ2v) is 4.59. The molecule has 0 spiro atoms. The molecule has 0 bridgehead atoms. The molecule has 0 radical (unpaired) electrons. The topological polar surface area (TPSA) is 30.0 Å². The molecule has 1 heterocycles. The normalized spacial score (nSPS) is 10.6. The summed E-state index contributed by atoms with van der Waals surface area (Å²) in [6.07, 6.45) is 1.67. The van der Waals surface area contributed by atoms with Crippen LogP contribution in [0.2, 0.25) is 5.02 Å². The minimum Gasteiger partial charge on any atom is -0.294 e. The van der Waals surface area contributed by atoms with E-state index >= 15 is 0 Å². The Morgan fingerprint density at radius 2 is 2.13 bits per heavy atom. The third-order valence-corrected chi connectivity index (χ3v) is 2.75. The number of benzene rings is 1. The zero-order valence-corrected chi connectivity index (χ0v) is 10.3. The van der Waals surface area contributed by atoms with Crippen LogP contribution in [0.4, 0.5) is 0 Å². The van der Waals surface area contributed by atoms with E-state index in [0.717, 1.165) is 9.86 Å². The Labute approximate surface area is 100 Å². The Morgan fingerprint density at radius 1 is 1.40 bits per heavy atom. The molecule has 2 rings (SSSR count). The average molecular weight is 285 g/mol. The Morgan fingerprint density at radius 3 is 2.80 bits per heavy atom. The number of Topliss-reactive ketones (excluding diaryl/α,β-unsaturated/α-hetero) is 1. The van der Waals surface area contributed by atoms with Gasteiger partial charge in [0, 0.05) is 26.6 Å². The number of rotatable bonds is 1. The van der Waals surface area contributed by atoms with Crippen molar-refractivity contribution in [3.05, 3.63) is 39.5 Å². The average Bonchev–Trinajstić information content (AvgIpc) is 2.15. The highest BCUT2D eigenvalue weighted by Crippen LogP contribution is 2.25. The van der Waals surface area contributed by atoms with Crippen LogP contribution in [0, 0.1) is 0 Å². The molecule has 0 atom stereocenters. The van der Waals surface area contributed by atoms with Crippen LogP contribution in [0.1, 0.15) is 17.3 Å². The van der Waals surface area contributed by atoms with Gasteiger partial charge in [-0.2, -0.15) is 0 Å². The maximum Gasteiger partial charge on any atom is 0.162 e. The van der Waals surface area contributed by atoms with E-state index in [2.05, 4.69) is 20.9 Å². The van der Waals surface area contributed by atoms with Crippen LogP contribution in [-0.4, -0.2) is 10.8 Å². The Hall–Kier alpha value is -0.930. The summed E-state index contributed by atoms with van der Waals surface area (Å²) in [5.41, 5.74) is 1.25. The highest BCUT2D eigenvalue weighted by atomic mass is 79.9. The number of halogens is 2. The molecule has 1 aromatic heterocycles. The molecule has 0 aliphatic heterocycles. The van der Waals surface area contributed by atoms with Crippen molar-refractivity contribution >= 4 is 44.2 Å². The fourth-order valence-corrected chi connectivity index (χ4v) is 2.03. The first-order valence-corrected chi connectivity index (χ1v) is 5.51. The summed E-state index contributed by atoms with van der Waals surface area (Å²) in [6, 6.07) is 5.33. The first-order chi connectivity index (χ1) is 7.08. The van der Waals surface area contributed by atoms with Gasteiger partial charge in [-0.1, -0.05) is 11.6 Å². The smallest absolute Gasteiger partial charge is 0.162 e. The molecule has 0 aliphatic rings. The van der Waals surface area contributed by atoms with Crippen molar-refractivity contribution in [2.24, 2.45) is 0 Å². The van der Waals surface area contributed by atoms with Crippen LogP contribution in [0.5, 0.6) is 0 Å². The van der Waals surface area contributed by atoms with Crippen molar-refractivity contribution in [3.8, 4) is 0 Å². The molecule has 15 heavy (non-hydrogen) atoms. The van der Waals surface area contributed by atoms with E-state index in [-0.39, 0.29) is 5.78 Å². The first kappa shape index (κ1) is 10.6. The molecule has 0 N–H and O–H groups in total. The summed E-state index contributed by atoms with van der Waals surface area (Å²) in [5.74, 6) is -0.0303. The molecule has 0 saturated carbocycles. The molecule has 0 fully saturated rings. The number of fused-ring (bicyclic) bond motifs is 1. The van der Waals surface area contributed by atoms with Gasteiger partial charge in [-0.3, -0.25) is 9.78 Å². The minimum absolute atomic E-state index is 0.0303. The third-order valence-electron chi connectivity index (χ3n) is 2.09. The van der Waals surface area contributed by atoms with Crippen molar-refractivity contribution < 1.29 is 4.79 Å². The second-order valence-electron chi connectivity index (χ2n) is 3.23. The van der Waals surface area contributed by atoms with E-state index in [1.54, 1.807) is 18.3 Å². The van der Waals surface area contributed by atoms with Crippen LogP contribution >= 0.6 is 27.5 Å². The van der Waals surface area contributed by atoms with Crippen molar-refractivity contribution in [2.75, 3.05) is 0 Å². The first-order valence-electron chi connectivity index (χ1n) is 4.33. The highest BCUT2D eigenvalue weighted by molar-refractivity contribution is 9.10. The van der Waals surface area contributed by atoms with Crippen LogP contribution in [-0.2, 0) is 0 Å². The third kappa shape index (κ3) is 2.03. The molecule has 1 aromatic carbocycles. The fraction of sp³-hybridized carbons (Fsp3) is 0.0909. The van der Waals surface area contributed by atoms with E-state index in [1.165, 1.54) is 6.92 Å². The zero-order valence-electron chi connectivity index (χ0n) is 7.92. The molecule has 2 aromatic rings. The molecule has 0 aliphatic carbocycles. The van der Waals surface area contributed by atoms with E-state index in [1.807, 2.05) is 6.07 Å². The SMILES string of the molecule is CC(=O)c1cc(Cl)cc2cc(Br)cnc12. The van der Waals surface area contributed by atoms with Gasteiger partial charge in [-0.15, -0.1) is 0 Å². The zero-order chi connectivity index (χ0) is 11.0. The molecule has 2 nitrogen and oxygen atoms in total. The molecule has 4 heteroatoms. The van der Waals surface area contributed by atoms with Crippen molar-refractivity contribution in [1.29, 1.82) is 0 Å². The van der Waals surface area contributed by atoms with Gasteiger partial charge in [0.1, 0.15) is 0 Å². The lowest BCUT2D eigenvalue weighted by molar-refractivity contribution is 0.101. The Kier molecular flexibility index (Phi) is 2.76. The lowest BCUT2D eigenvalue weighted by Crippen LogP contribution is -1.95. The van der Waals surface area contributed by atoms with Crippen LogP contribution < -0.4 is 0 Å². The number of hydrogen-bond acceptors (Lipinski definition) is 2. The van der Waals surface area contributed by atoms with Crippen LogP contribution in [0.15, 0.2) is 28.9 Å². The number of carbonyl (C=O) groups is 1. The molecule has 0 unspecified atom stereocenters. The van der Waals surface area contributed by atoms with E-state index in [4.69, 9.17) is 11.6 Å². The number of aromatic nitrogens is 1. The van der Waals surface area contributed by atoms with Gasteiger partial charge in [0.25, 0.3) is 0 Å². The number of pyridine rings is 1. The van der Waals surface area contributed by atoms with Gasteiger partial charge in [0.15, 0.2) is 5.78 Å². The van der Waals surface area contributed by atoms with E-state index < -0.39 is 0 Å². The van der Waals surface area contributed by atoms with E-state index in [0.29, 0.717) is 16.1 Å². The summed E-state index contributed by atoms with van der Waals surface area (Å²) in [7, 11) is 0. The number of nitrogens with zero attached hydrogens (tertiary/aromatic N) is 1. The van der Waals surface area contributed by atoms with Crippen molar-refractivity contribution in [3.63, 3.8) is 0 Å². The Balaban J connectivity index is 2.86. The molecular weight excluding hydrogens is 277 g/mol. The summed E-state index contributed by atoms with van der Waals surface area (Å²) in [6.45, 7) is 1.51. The monoisotopic (exact) mass is 283 g/mol. The van der Waals surface area contributed by atoms with Gasteiger partial charge in [0.05, 0.1) is 5.52 Å². The van der Waals surface area contributed by atoms with Gasteiger partial charge in [-0.25, -0.2) is 0 Å². The quantitative estimate of drug-likeness (QED) is 0.744. The van der Waals surface area contributed by atoms with E-state index in [9.17, 15) is 4.79 Å². The van der Waals surface area contributed by atoms with Gasteiger partial charge in [0.2, 0.25) is 0 Å². The lowest BCUT2D eigenvalue weighted by atomic mass is 10.1. The number of carbonyl (C=O) groups excluding carboxylic acids is 1.